The Bertz CT molecular complexity index is 389. The third-order valence-electron chi connectivity index (χ3n) is 5.11. The van der Waals surface area contributed by atoms with Crippen LogP contribution in [0.2, 0.25) is 0 Å². The molecule has 0 aliphatic carbocycles. The van der Waals surface area contributed by atoms with E-state index in [1.807, 2.05) is 0 Å². The van der Waals surface area contributed by atoms with E-state index in [1.165, 1.54) is 77.0 Å². The van der Waals surface area contributed by atoms with Gasteiger partial charge in [-0.25, -0.2) is 4.99 Å². The SMILES string of the molecule is CCCCCCC/C=C/CCCCCCCCC1=NC(CO)(CO)CO1. The number of nitrogens with zero attached hydrogens (tertiary/aromatic N) is 1. The minimum absolute atomic E-state index is 0.152. The number of aliphatic hydroxyl groups is 2. The second-order valence-electron chi connectivity index (χ2n) is 7.67. The van der Waals surface area contributed by atoms with Crippen molar-refractivity contribution in [2.45, 2.75) is 102 Å². The Hall–Kier alpha value is -0.870. The van der Waals surface area contributed by atoms with E-state index < -0.39 is 5.54 Å². The maximum absolute atomic E-state index is 9.29. The van der Waals surface area contributed by atoms with Crippen LogP contribution in [-0.2, 0) is 4.74 Å². The fourth-order valence-electron chi connectivity index (χ4n) is 3.23. The van der Waals surface area contributed by atoms with Crippen molar-refractivity contribution >= 4 is 5.90 Å². The van der Waals surface area contributed by atoms with Crippen LogP contribution in [0.1, 0.15) is 96.8 Å². The monoisotopic (exact) mass is 367 g/mol. The molecule has 0 fully saturated rings. The molecule has 0 aromatic rings. The van der Waals surface area contributed by atoms with Crippen molar-refractivity contribution in [3.63, 3.8) is 0 Å². The van der Waals surface area contributed by atoms with E-state index in [4.69, 9.17) is 4.74 Å². The number of allylic oxidation sites excluding steroid dienone is 2. The molecule has 1 aliphatic heterocycles. The fraction of sp³-hybridized carbons (Fsp3) is 0.864. The van der Waals surface area contributed by atoms with Crippen LogP contribution in [0.4, 0.5) is 0 Å². The van der Waals surface area contributed by atoms with Crippen molar-refractivity contribution in [3.8, 4) is 0 Å². The van der Waals surface area contributed by atoms with Gasteiger partial charge in [0.15, 0.2) is 5.90 Å². The van der Waals surface area contributed by atoms with E-state index >= 15 is 0 Å². The second-order valence-corrected chi connectivity index (χ2v) is 7.67. The number of ether oxygens (including phenoxy) is 1. The van der Waals surface area contributed by atoms with E-state index in [1.54, 1.807) is 0 Å². The zero-order valence-electron chi connectivity index (χ0n) is 16.9. The van der Waals surface area contributed by atoms with Crippen LogP contribution in [0.3, 0.4) is 0 Å². The fourth-order valence-corrected chi connectivity index (χ4v) is 3.23. The highest BCUT2D eigenvalue weighted by Gasteiger charge is 2.35. The molecule has 0 saturated carbocycles. The summed E-state index contributed by atoms with van der Waals surface area (Å²) in [5.74, 6) is 0.702. The zero-order valence-corrected chi connectivity index (χ0v) is 16.9. The molecule has 0 saturated heterocycles. The van der Waals surface area contributed by atoms with Gasteiger partial charge in [0.1, 0.15) is 12.1 Å². The predicted molar refractivity (Wildman–Crippen MR) is 110 cm³/mol. The highest BCUT2D eigenvalue weighted by atomic mass is 16.5. The van der Waals surface area contributed by atoms with E-state index in [0.717, 1.165) is 12.8 Å². The Kier molecular flexibility index (Phi) is 13.6. The summed E-state index contributed by atoms with van der Waals surface area (Å²) in [6.45, 7) is 2.27. The van der Waals surface area contributed by atoms with Gasteiger partial charge in [-0.2, -0.15) is 0 Å². The number of unbranched alkanes of at least 4 members (excludes halogenated alkanes) is 11. The Morgan fingerprint density at radius 2 is 1.38 bits per heavy atom. The molecule has 0 amide bonds. The topological polar surface area (TPSA) is 62.1 Å². The van der Waals surface area contributed by atoms with Crippen molar-refractivity contribution in [1.82, 2.24) is 0 Å². The lowest BCUT2D eigenvalue weighted by atomic mass is 10.1. The Morgan fingerprint density at radius 1 is 0.846 bits per heavy atom. The number of hydrogen-bond acceptors (Lipinski definition) is 4. The molecule has 0 radical (unpaired) electrons. The number of aliphatic hydroxyl groups excluding tert-OH is 2. The van der Waals surface area contributed by atoms with Crippen molar-refractivity contribution < 1.29 is 14.9 Å². The normalized spacial score (nSPS) is 16.2. The Balaban J connectivity index is 1.87. The van der Waals surface area contributed by atoms with E-state index in [2.05, 4.69) is 24.1 Å². The van der Waals surface area contributed by atoms with Gasteiger partial charge < -0.3 is 14.9 Å². The highest BCUT2D eigenvalue weighted by molar-refractivity contribution is 5.78. The summed E-state index contributed by atoms with van der Waals surface area (Å²) < 4.78 is 5.49. The van der Waals surface area contributed by atoms with Gasteiger partial charge in [0.05, 0.1) is 13.2 Å². The van der Waals surface area contributed by atoms with Gasteiger partial charge in [-0.3, -0.25) is 0 Å². The first-order valence-electron chi connectivity index (χ1n) is 10.8. The third kappa shape index (κ3) is 10.3. The molecule has 1 rings (SSSR count). The molecule has 0 bridgehead atoms. The summed E-state index contributed by atoms with van der Waals surface area (Å²) in [5.41, 5.74) is -0.793. The summed E-state index contributed by atoms with van der Waals surface area (Å²) in [6, 6.07) is 0. The van der Waals surface area contributed by atoms with Gasteiger partial charge in [0, 0.05) is 6.42 Å². The predicted octanol–water partition coefficient (Wildman–Crippen LogP) is 5.18. The molecule has 0 aromatic heterocycles. The van der Waals surface area contributed by atoms with Crippen LogP contribution in [0.25, 0.3) is 0 Å². The average molecular weight is 368 g/mol. The third-order valence-corrected chi connectivity index (χ3v) is 5.11. The summed E-state index contributed by atoms with van der Waals surface area (Å²) in [4.78, 5) is 4.35. The maximum Gasteiger partial charge on any atom is 0.184 e. The average Bonchev–Trinajstić information content (AvgIpc) is 3.09. The van der Waals surface area contributed by atoms with Gasteiger partial charge in [0.2, 0.25) is 0 Å². The van der Waals surface area contributed by atoms with Crippen molar-refractivity contribution in [2.75, 3.05) is 19.8 Å². The maximum atomic E-state index is 9.29. The molecule has 1 heterocycles. The first kappa shape index (κ1) is 23.2. The van der Waals surface area contributed by atoms with Gasteiger partial charge in [-0.05, 0) is 32.1 Å². The van der Waals surface area contributed by atoms with Crippen LogP contribution < -0.4 is 0 Å². The van der Waals surface area contributed by atoms with Gasteiger partial charge >= 0.3 is 0 Å². The minimum Gasteiger partial charge on any atom is -0.478 e. The largest absolute Gasteiger partial charge is 0.478 e. The Morgan fingerprint density at radius 3 is 1.92 bits per heavy atom. The molecule has 152 valence electrons. The molecule has 0 atom stereocenters. The Labute approximate surface area is 160 Å². The lowest BCUT2D eigenvalue weighted by Crippen LogP contribution is -2.37. The molecular formula is C22H41NO3. The molecule has 0 spiro atoms. The van der Waals surface area contributed by atoms with Crippen LogP contribution in [0.5, 0.6) is 0 Å². The number of hydrogen-bond donors (Lipinski definition) is 2. The summed E-state index contributed by atoms with van der Waals surface area (Å²) in [5, 5.41) is 18.6. The summed E-state index contributed by atoms with van der Waals surface area (Å²) in [7, 11) is 0. The van der Waals surface area contributed by atoms with Crippen molar-refractivity contribution in [1.29, 1.82) is 0 Å². The van der Waals surface area contributed by atoms with E-state index in [-0.39, 0.29) is 13.2 Å². The van der Waals surface area contributed by atoms with Gasteiger partial charge in [-0.15, -0.1) is 0 Å². The summed E-state index contributed by atoms with van der Waals surface area (Å²) in [6.07, 6.45) is 22.3. The number of rotatable bonds is 17. The van der Waals surface area contributed by atoms with Crippen molar-refractivity contribution in [3.05, 3.63) is 12.2 Å². The van der Waals surface area contributed by atoms with E-state index in [0.29, 0.717) is 12.5 Å². The van der Waals surface area contributed by atoms with E-state index in [9.17, 15) is 10.2 Å². The first-order valence-corrected chi connectivity index (χ1v) is 10.8. The van der Waals surface area contributed by atoms with Crippen LogP contribution in [-0.4, -0.2) is 41.5 Å². The highest BCUT2D eigenvalue weighted by Crippen LogP contribution is 2.20. The first-order chi connectivity index (χ1) is 12.8. The second kappa shape index (κ2) is 15.2. The number of aliphatic imine (C=N–C) groups is 1. The molecular weight excluding hydrogens is 326 g/mol. The van der Waals surface area contributed by atoms with Crippen LogP contribution in [0.15, 0.2) is 17.1 Å². The lowest BCUT2D eigenvalue weighted by Gasteiger charge is -2.16. The molecule has 4 heteroatoms. The summed E-state index contributed by atoms with van der Waals surface area (Å²) >= 11 is 0. The quantitative estimate of drug-likeness (QED) is 0.275. The van der Waals surface area contributed by atoms with Crippen LogP contribution >= 0.6 is 0 Å². The van der Waals surface area contributed by atoms with Crippen LogP contribution in [0, 0.1) is 0 Å². The molecule has 0 aromatic carbocycles. The lowest BCUT2D eigenvalue weighted by molar-refractivity contribution is 0.0972. The minimum atomic E-state index is -0.793. The standard InChI is InChI=1S/C22H41NO3/c1-2-3-4-5-6-7-8-9-10-11-12-13-14-15-16-17-21-23-22(18-24,19-25)20-26-21/h8-9,24-25H,2-7,10-20H2,1H3/b9-8+. The zero-order chi connectivity index (χ0) is 18.9. The molecule has 0 unspecified atom stereocenters. The molecule has 4 nitrogen and oxygen atoms in total. The van der Waals surface area contributed by atoms with Gasteiger partial charge in [-0.1, -0.05) is 70.4 Å². The van der Waals surface area contributed by atoms with Crippen molar-refractivity contribution in [2.24, 2.45) is 4.99 Å². The molecule has 1 aliphatic rings. The molecule has 2 N–H and O–H groups in total. The molecule has 26 heavy (non-hydrogen) atoms. The van der Waals surface area contributed by atoms with Gasteiger partial charge in [0.25, 0.3) is 0 Å². The smallest absolute Gasteiger partial charge is 0.184 e.